The van der Waals surface area contributed by atoms with E-state index in [1.165, 1.54) is 12.8 Å². The van der Waals surface area contributed by atoms with Crippen LogP contribution in [-0.2, 0) is 4.79 Å². The van der Waals surface area contributed by atoms with Gasteiger partial charge in [0.1, 0.15) is 0 Å². The third-order valence-electron chi connectivity index (χ3n) is 3.25. The lowest BCUT2D eigenvalue weighted by molar-refractivity contribution is -0.127. The lowest BCUT2D eigenvalue weighted by Crippen LogP contribution is -2.26. The summed E-state index contributed by atoms with van der Waals surface area (Å²) >= 11 is 3.42. The molecule has 0 aliphatic carbocycles. The van der Waals surface area contributed by atoms with Crippen molar-refractivity contribution in [3.8, 4) is 0 Å². The van der Waals surface area contributed by atoms with E-state index in [0.29, 0.717) is 17.7 Å². The molecule has 0 spiro atoms. The van der Waals surface area contributed by atoms with Crippen LogP contribution in [0.25, 0.3) is 0 Å². The van der Waals surface area contributed by atoms with Crippen LogP contribution in [0.15, 0.2) is 0 Å². The lowest BCUT2D eigenvalue weighted by atomic mass is 9.95. The van der Waals surface area contributed by atoms with Crippen LogP contribution < -0.4 is 0 Å². The van der Waals surface area contributed by atoms with Crippen LogP contribution in [0.4, 0.5) is 0 Å². The molecule has 15 heavy (non-hydrogen) atoms. The first-order valence-corrected chi connectivity index (χ1v) is 7.11. The topological polar surface area (TPSA) is 20.3 Å². The Hall–Kier alpha value is -0.0500. The Kier molecular flexibility index (Phi) is 5.65. The highest BCUT2D eigenvalue weighted by atomic mass is 79.9. The van der Waals surface area contributed by atoms with E-state index in [0.717, 1.165) is 31.3 Å². The van der Waals surface area contributed by atoms with Gasteiger partial charge in [-0.15, -0.1) is 0 Å². The molecule has 0 radical (unpaired) electrons. The molecule has 0 bridgehead atoms. The second-order valence-electron chi connectivity index (χ2n) is 4.80. The van der Waals surface area contributed by atoms with Crippen molar-refractivity contribution in [3.05, 3.63) is 0 Å². The van der Waals surface area contributed by atoms with E-state index < -0.39 is 0 Å². The Morgan fingerprint density at radius 2 is 2.13 bits per heavy atom. The molecular weight excluding hydrogens is 254 g/mol. The molecule has 0 aromatic heterocycles. The van der Waals surface area contributed by atoms with Gasteiger partial charge in [0.25, 0.3) is 0 Å². The van der Waals surface area contributed by atoms with E-state index in [4.69, 9.17) is 0 Å². The fraction of sp³-hybridized carbons (Fsp3) is 0.917. The Balaban J connectivity index is 2.22. The molecule has 1 fully saturated rings. The molecule has 3 heteroatoms. The summed E-state index contributed by atoms with van der Waals surface area (Å²) in [6.45, 7) is 6.39. The quantitative estimate of drug-likeness (QED) is 0.539. The maximum atomic E-state index is 11.7. The Morgan fingerprint density at radius 3 is 2.67 bits per heavy atom. The molecule has 1 aliphatic heterocycles. The summed E-state index contributed by atoms with van der Waals surface area (Å²) in [5.41, 5.74) is 0. The minimum absolute atomic E-state index is 0.368. The highest BCUT2D eigenvalue weighted by Crippen LogP contribution is 2.24. The Labute approximate surface area is 102 Å². The van der Waals surface area contributed by atoms with Gasteiger partial charge in [-0.1, -0.05) is 36.2 Å². The van der Waals surface area contributed by atoms with Crippen molar-refractivity contribution in [3.63, 3.8) is 0 Å². The summed E-state index contributed by atoms with van der Waals surface area (Å²) in [5, 5.41) is 1.08. The summed E-state index contributed by atoms with van der Waals surface area (Å²) in [6, 6.07) is 0. The summed E-state index contributed by atoms with van der Waals surface area (Å²) in [7, 11) is 0. The highest BCUT2D eigenvalue weighted by Gasteiger charge is 2.30. The molecule has 1 atom stereocenters. The zero-order valence-corrected chi connectivity index (χ0v) is 11.4. The van der Waals surface area contributed by atoms with Gasteiger partial charge < -0.3 is 4.90 Å². The van der Waals surface area contributed by atoms with Gasteiger partial charge in [-0.2, -0.15) is 0 Å². The zero-order chi connectivity index (χ0) is 11.3. The van der Waals surface area contributed by atoms with Crippen molar-refractivity contribution in [2.24, 2.45) is 11.8 Å². The molecule has 1 saturated heterocycles. The molecule has 1 aliphatic rings. The molecule has 1 rings (SSSR count). The van der Waals surface area contributed by atoms with Crippen molar-refractivity contribution in [2.45, 2.75) is 39.5 Å². The monoisotopic (exact) mass is 275 g/mol. The van der Waals surface area contributed by atoms with E-state index >= 15 is 0 Å². The number of unbranched alkanes of at least 4 members (excludes halogenated alkanes) is 2. The van der Waals surface area contributed by atoms with E-state index in [9.17, 15) is 4.79 Å². The zero-order valence-electron chi connectivity index (χ0n) is 9.84. The van der Waals surface area contributed by atoms with Crippen molar-refractivity contribution in [2.75, 3.05) is 18.4 Å². The molecule has 0 aromatic carbocycles. The molecule has 1 unspecified atom stereocenters. The minimum atomic E-state index is 0.368. The van der Waals surface area contributed by atoms with Crippen LogP contribution in [0.1, 0.15) is 39.5 Å². The fourth-order valence-electron chi connectivity index (χ4n) is 2.04. The van der Waals surface area contributed by atoms with Gasteiger partial charge in [-0.05, 0) is 24.7 Å². The average Bonchev–Trinajstić information content (AvgIpc) is 2.55. The van der Waals surface area contributed by atoms with Crippen LogP contribution in [0.5, 0.6) is 0 Å². The Morgan fingerprint density at radius 1 is 1.40 bits per heavy atom. The van der Waals surface area contributed by atoms with Gasteiger partial charge in [0.05, 0.1) is 0 Å². The predicted octanol–water partition coefficient (Wildman–Crippen LogP) is 3.06. The second kappa shape index (κ2) is 6.51. The van der Waals surface area contributed by atoms with Gasteiger partial charge in [-0.25, -0.2) is 0 Å². The van der Waals surface area contributed by atoms with Crippen molar-refractivity contribution in [1.29, 1.82) is 0 Å². The van der Waals surface area contributed by atoms with Crippen LogP contribution in [0.3, 0.4) is 0 Å². The van der Waals surface area contributed by atoms with Gasteiger partial charge in [-0.3, -0.25) is 4.79 Å². The maximum Gasteiger partial charge on any atom is 0.222 e. The van der Waals surface area contributed by atoms with E-state index in [-0.39, 0.29) is 0 Å². The fourth-order valence-corrected chi connectivity index (χ4v) is 2.44. The van der Waals surface area contributed by atoms with Crippen LogP contribution in [0.2, 0.25) is 0 Å². The normalized spacial score (nSPS) is 21.7. The van der Waals surface area contributed by atoms with Gasteiger partial charge in [0.2, 0.25) is 5.91 Å². The van der Waals surface area contributed by atoms with Crippen molar-refractivity contribution >= 4 is 21.8 Å². The number of carbonyl (C=O) groups excluding carboxylic acids is 1. The number of alkyl halides is 1. The molecule has 1 amide bonds. The largest absolute Gasteiger partial charge is 0.342 e. The first kappa shape index (κ1) is 13.0. The average molecular weight is 276 g/mol. The first-order valence-electron chi connectivity index (χ1n) is 5.99. The number of halogens is 1. The van der Waals surface area contributed by atoms with E-state index in [1.54, 1.807) is 0 Å². The molecular formula is C12H22BrNO. The van der Waals surface area contributed by atoms with Gasteiger partial charge in [0, 0.05) is 24.8 Å². The number of amides is 1. The number of carbonyl (C=O) groups is 1. The third-order valence-corrected chi connectivity index (χ3v) is 3.81. The molecule has 1 heterocycles. The van der Waals surface area contributed by atoms with E-state index in [2.05, 4.69) is 34.7 Å². The third kappa shape index (κ3) is 4.13. The highest BCUT2D eigenvalue weighted by molar-refractivity contribution is 9.09. The molecule has 2 nitrogen and oxygen atoms in total. The van der Waals surface area contributed by atoms with Gasteiger partial charge in [0.15, 0.2) is 0 Å². The number of likely N-dealkylation sites (tertiary alicyclic amines) is 1. The van der Waals surface area contributed by atoms with Crippen LogP contribution in [0, 0.1) is 11.8 Å². The second-order valence-corrected chi connectivity index (χ2v) is 5.59. The standard InChI is InChI=1S/C12H22BrNO/c1-10(2)11-8-12(15)14(9-11)7-5-3-4-6-13/h10-11H,3-9H2,1-2H3. The lowest BCUT2D eigenvalue weighted by Gasteiger charge is -2.17. The predicted molar refractivity (Wildman–Crippen MR) is 67.2 cm³/mol. The SMILES string of the molecule is CC(C)C1CC(=O)N(CCCCCBr)C1. The number of rotatable bonds is 6. The number of hydrogen-bond donors (Lipinski definition) is 0. The van der Waals surface area contributed by atoms with Crippen molar-refractivity contribution < 1.29 is 4.79 Å². The van der Waals surface area contributed by atoms with Crippen LogP contribution in [-0.4, -0.2) is 29.2 Å². The first-order chi connectivity index (χ1) is 7.15. The minimum Gasteiger partial charge on any atom is -0.342 e. The van der Waals surface area contributed by atoms with E-state index in [1.807, 2.05) is 0 Å². The summed E-state index contributed by atoms with van der Waals surface area (Å²) in [4.78, 5) is 13.7. The molecule has 0 saturated carbocycles. The smallest absolute Gasteiger partial charge is 0.222 e. The molecule has 0 N–H and O–H groups in total. The molecule has 88 valence electrons. The van der Waals surface area contributed by atoms with Crippen molar-refractivity contribution in [1.82, 2.24) is 4.90 Å². The Bertz CT molecular complexity index is 206. The number of nitrogens with zero attached hydrogens (tertiary/aromatic N) is 1. The van der Waals surface area contributed by atoms with Gasteiger partial charge >= 0.3 is 0 Å². The summed E-state index contributed by atoms with van der Waals surface area (Å²) < 4.78 is 0. The number of hydrogen-bond acceptors (Lipinski definition) is 1. The van der Waals surface area contributed by atoms with Crippen LogP contribution >= 0.6 is 15.9 Å². The molecule has 0 aromatic rings. The summed E-state index contributed by atoms with van der Waals surface area (Å²) in [6.07, 6.45) is 4.37. The summed E-state index contributed by atoms with van der Waals surface area (Å²) in [5.74, 6) is 1.60. The maximum absolute atomic E-state index is 11.7.